The van der Waals surface area contributed by atoms with Crippen LogP contribution in [0.25, 0.3) is 0 Å². The number of carbonyl (C=O) groups excluding carboxylic acids is 1. The van der Waals surface area contributed by atoms with E-state index in [4.69, 9.17) is 0 Å². The van der Waals surface area contributed by atoms with E-state index < -0.39 is 0 Å². The number of hydrogen-bond donors (Lipinski definition) is 1. The second-order valence-corrected chi connectivity index (χ2v) is 4.59. The predicted octanol–water partition coefficient (Wildman–Crippen LogP) is 1.66. The Kier molecular flexibility index (Phi) is 2.46. The first-order valence-corrected chi connectivity index (χ1v) is 5.22. The highest BCUT2D eigenvalue weighted by Gasteiger charge is 2.42. The molecular weight excluding hydrogens is 207 g/mol. The Labute approximate surface area is 94.3 Å². The van der Waals surface area contributed by atoms with E-state index in [1.807, 2.05) is 13.8 Å². The van der Waals surface area contributed by atoms with E-state index in [1.165, 1.54) is 12.1 Å². The summed E-state index contributed by atoms with van der Waals surface area (Å²) in [6.07, 6.45) is 0. The fourth-order valence-corrected chi connectivity index (χ4v) is 1.86. The Morgan fingerprint density at radius 3 is 2.31 bits per heavy atom. The molecule has 0 spiro atoms. The molecule has 0 aliphatic carbocycles. The summed E-state index contributed by atoms with van der Waals surface area (Å²) in [5.74, 6) is -0.279. The molecule has 0 saturated carbocycles. The van der Waals surface area contributed by atoms with Gasteiger partial charge in [0.25, 0.3) is 0 Å². The normalized spacial score (nSPS) is 23.9. The van der Waals surface area contributed by atoms with E-state index in [2.05, 4.69) is 5.32 Å². The molecule has 0 unspecified atom stereocenters. The largest absolute Gasteiger partial charge is 0.326 e. The van der Waals surface area contributed by atoms with Gasteiger partial charge in [-0.25, -0.2) is 4.39 Å². The van der Waals surface area contributed by atoms with Crippen LogP contribution in [0.4, 0.5) is 4.39 Å². The zero-order valence-electron chi connectivity index (χ0n) is 9.62. The lowest BCUT2D eigenvalue weighted by Crippen LogP contribution is -2.44. The number of hydrogen-bond acceptors (Lipinski definition) is 2. The SMILES string of the molecule is CN1C(=O)[C@@H](c2ccc(F)cc2)NC1(C)C. The molecule has 1 saturated heterocycles. The van der Waals surface area contributed by atoms with Crippen LogP contribution in [-0.2, 0) is 4.79 Å². The van der Waals surface area contributed by atoms with Gasteiger partial charge in [-0.15, -0.1) is 0 Å². The molecule has 1 N–H and O–H groups in total. The van der Waals surface area contributed by atoms with Gasteiger partial charge < -0.3 is 4.90 Å². The van der Waals surface area contributed by atoms with Crippen molar-refractivity contribution in [3.63, 3.8) is 0 Å². The van der Waals surface area contributed by atoms with Crippen molar-refractivity contribution in [3.05, 3.63) is 35.6 Å². The van der Waals surface area contributed by atoms with Gasteiger partial charge in [0, 0.05) is 7.05 Å². The molecule has 86 valence electrons. The molecule has 2 rings (SSSR count). The Bertz CT molecular complexity index is 414. The van der Waals surface area contributed by atoms with Crippen LogP contribution in [0.1, 0.15) is 25.5 Å². The highest BCUT2D eigenvalue weighted by Crippen LogP contribution is 2.28. The Hall–Kier alpha value is -1.42. The van der Waals surface area contributed by atoms with Gasteiger partial charge in [-0.3, -0.25) is 10.1 Å². The number of halogens is 1. The van der Waals surface area contributed by atoms with Gasteiger partial charge in [0.15, 0.2) is 0 Å². The van der Waals surface area contributed by atoms with E-state index in [1.54, 1.807) is 24.1 Å². The molecule has 1 aromatic carbocycles. The minimum absolute atomic E-state index is 0.0107. The summed E-state index contributed by atoms with van der Waals surface area (Å²) in [7, 11) is 1.76. The maximum Gasteiger partial charge on any atom is 0.245 e. The summed E-state index contributed by atoms with van der Waals surface area (Å²) in [6.45, 7) is 3.88. The van der Waals surface area contributed by atoms with Crippen LogP contribution in [0.2, 0.25) is 0 Å². The zero-order valence-corrected chi connectivity index (χ0v) is 9.62. The Morgan fingerprint density at radius 2 is 1.88 bits per heavy atom. The average molecular weight is 222 g/mol. The van der Waals surface area contributed by atoms with Crippen LogP contribution in [0.5, 0.6) is 0 Å². The summed E-state index contributed by atoms with van der Waals surface area (Å²) in [6, 6.07) is 5.64. The molecule has 1 fully saturated rings. The van der Waals surface area contributed by atoms with Gasteiger partial charge in [-0.1, -0.05) is 12.1 Å². The van der Waals surface area contributed by atoms with E-state index in [-0.39, 0.29) is 23.4 Å². The minimum Gasteiger partial charge on any atom is -0.326 e. The fraction of sp³-hybridized carbons (Fsp3) is 0.417. The number of nitrogens with zero attached hydrogens (tertiary/aromatic N) is 1. The molecule has 1 aliphatic heterocycles. The lowest BCUT2D eigenvalue weighted by molar-refractivity contribution is -0.130. The predicted molar refractivity (Wildman–Crippen MR) is 59.1 cm³/mol. The van der Waals surface area contributed by atoms with Crippen LogP contribution in [0, 0.1) is 5.82 Å². The minimum atomic E-state index is -0.374. The first-order chi connectivity index (χ1) is 7.42. The highest BCUT2D eigenvalue weighted by atomic mass is 19.1. The van der Waals surface area contributed by atoms with Crippen LogP contribution < -0.4 is 5.32 Å². The molecule has 0 radical (unpaired) electrons. The van der Waals surface area contributed by atoms with Gasteiger partial charge in [0.2, 0.25) is 5.91 Å². The third kappa shape index (κ3) is 1.69. The molecule has 1 atom stereocenters. The molecule has 4 heteroatoms. The molecule has 1 amide bonds. The maximum atomic E-state index is 12.8. The van der Waals surface area contributed by atoms with Gasteiger partial charge >= 0.3 is 0 Å². The summed E-state index contributed by atoms with van der Waals surface area (Å²) in [5.41, 5.74) is 0.430. The van der Waals surface area contributed by atoms with E-state index >= 15 is 0 Å². The third-order valence-corrected chi connectivity index (χ3v) is 3.12. The second-order valence-electron chi connectivity index (χ2n) is 4.59. The van der Waals surface area contributed by atoms with Crippen molar-refractivity contribution >= 4 is 5.91 Å². The van der Waals surface area contributed by atoms with Crippen molar-refractivity contribution < 1.29 is 9.18 Å². The number of nitrogens with one attached hydrogen (secondary N) is 1. The van der Waals surface area contributed by atoms with Crippen LogP contribution in [0.15, 0.2) is 24.3 Å². The van der Waals surface area contributed by atoms with Crippen molar-refractivity contribution in [2.45, 2.75) is 25.6 Å². The van der Waals surface area contributed by atoms with Crippen molar-refractivity contribution in [3.8, 4) is 0 Å². The van der Waals surface area contributed by atoms with Gasteiger partial charge in [-0.05, 0) is 31.5 Å². The van der Waals surface area contributed by atoms with Crippen molar-refractivity contribution in [2.75, 3.05) is 7.05 Å². The Morgan fingerprint density at radius 1 is 1.31 bits per heavy atom. The molecular formula is C12H15FN2O. The van der Waals surface area contributed by atoms with Crippen LogP contribution >= 0.6 is 0 Å². The van der Waals surface area contributed by atoms with Gasteiger partial charge in [0.05, 0.1) is 5.66 Å². The molecule has 0 aromatic heterocycles. The maximum absolute atomic E-state index is 12.8. The Balaban J connectivity index is 2.30. The van der Waals surface area contributed by atoms with E-state index in [0.29, 0.717) is 0 Å². The number of carbonyl (C=O) groups is 1. The standard InChI is InChI=1S/C12H15FN2O/c1-12(2)14-10(11(16)15(12)3)8-4-6-9(13)7-5-8/h4-7,10,14H,1-3H3/t10-/m1/s1. The summed E-state index contributed by atoms with van der Waals surface area (Å²) < 4.78 is 12.8. The lowest BCUT2D eigenvalue weighted by Gasteiger charge is -2.26. The van der Waals surface area contributed by atoms with E-state index in [9.17, 15) is 9.18 Å². The molecule has 0 bridgehead atoms. The molecule has 1 heterocycles. The highest BCUT2D eigenvalue weighted by molar-refractivity contribution is 5.86. The summed E-state index contributed by atoms with van der Waals surface area (Å²) in [5, 5.41) is 3.22. The second kappa shape index (κ2) is 3.56. The first-order valence-electron chi connectivity index (χ1n) is 5.22. The number of rotatable bonds is 1. The number of benzene rings is 1. The topological polar surface area (TPSA) is 32.3 Å². The van der Waals surface area contributed by atoms with Crippen LogP contribution in [0.3, 0.4) is 0 Å². The molecule has 3 nitrogen and oxygen atoms in total. The van der Waals surface area contributed by atoms with Crippen molar-refractivity contribution in [1.82, 2.24) is 10.2 Å². The van der Waals surface area contributed by atoms with Gasteiger partial charge in [-0.2, -0.15) is 0 Å². The molecule has 16 heavy (non-hydrogen) atoms. The summed E-state index contributed by atoms with van der Waals surface area (Å²) >= 11 is 0. The quantitative estimate of drug-likeness (QED) is 0.783. The fourth-order valence-electron chi connectivity index (χ4n) is 1.86. The monoisotopic (exact) mass is 222 g/mol. The van der Waals surface area contributed by atoms with Crippen LogP contribution in [-0.4, -0.2) is 23.5 Å². The zero-order chi connectivity index (χ0) is 11.9. The number of amides is 1. The smallest absolute Gasteiger partial charge is 0.245 e. The molecule has 1 aromatic rings. The molecule has 1 aliphatic rings. The van der Waals surface area contributed by atoms with Gasteiger partial charge in [0.1, 0.15) is 11.9 Å². The van der Waals surface area contributed by atoms with E-state index in [0.717, 1.165) is 5.56 Å². The first kappa shape index (κ1) is 11.1. The van der Waals surface area contributed by atoms with Crippen molar-refractivity contribution in [2.24, 2.45) is 0 Å². The average Bonchev–Trinajstić information content (AvgIpc) is 2.44. The third-order valence-electron chi connectivity index (χ3n) is 3.12. The van der Waals surface area contributed by atoms with Crippen molar-refractivity contribution in [1.29, 1.82) is 0 Å². The lowest BCUT2D eigenvalue weighted by atomic mass is 10.1. The number of likely N-dealkylation sites (N-methyl/N-ethyl adjacent to an activating group) is 1. The summed E-state index contributed by atoms with van der Waals surface area (Å²) in [4.78, 5) is 13.6.